The number of allylic oxidation sites excluding steroid dienone is 2. The van der Waals surface area contributed by atoms with Crippen molar-refractivity contribution in [3.8, 4) is 0 Å². The van der Waals surface area contributed by atoms with E-state index in [4.69, 9.17) is 4.99 Å². The lowest BCUT2D eigenvalue weighted by Gasteiger charge is -2.20. The zero-order chi connectivity index (χ0) is 21.6. The molecule has 0 saturated carbocycles. The predicted octanol–water partition coefficient (Wildman–Crippen LogP) is 7.16. The number of benzene rings is 2. The van der Waals surface area contributed by atoms with E-state index in [9.17, 15) is 0 Å². The highest BCUT2D eigenvalue weighted by Gasteiger charge is 2.16. The smallest absolute Gasteiger partial charge is 0.0724 e. The summed E-state index contributed by atoms with van der Waals surface area (Å²) in [4.78, 5) is 4.82. The summed E-state index contributed by atoms with van der Waals surface area (Å²) in [6.07, 6.45) is 3.75. The molecule has 154 valence electrons. The molecule has 0 bridgehead atoms. The second-order valence-electron chi connectivity index (χ2n) is 7.93. The van der Waals surface area contributed by atoms with Gasteiger partial charge in [-0.3, -0.25) is 4.99 Å². The van der Waals surface area contributed by atoms with E-state index in [1.807, 2.05) is 20.2 Å². The molecule has 2 rings (SSSR count). The number of nitrogens with one attached hydrogen (secondary N) is 2. The van der Waals surface area contributed by atoms with Crippen LogP contribution in [0.5, 0.6) is 0 Å². The van der Waals surface area contributed by atoms with Gasteiger partial charge in [-0.1, -0.05) is 46.1 Å². The van der Waals surface area contributed by atoms with Crippen molar-refractivity contribution >= 4 is 28.8 Å². The van der Waals surface area contributed by atoms with Crippen molar-refractivity contribution in [1.29, 1.82) is 0 Å². The van der Waals surface area contributed by atoms with Gasteiger partial charge in [0.1, 0.15) is 0 Å². The van der Waals surface area contributed by atoms with E-state index in [2.05, 4.69) is 81.8 Å². The fourth-order valence-electron chi connectivity index (χ4n) is 3.64. The average Bonchev–Trinajstić information content (AvgIpc) is 2.65. The molecule has 0 aliphatic rings. The Morgan fingerprint density at radius 2 is 1.93 bits per heavy atom. The Hall–Kier alpha value is -2.81. The molecule has 3 nitrogen and oxygen atoms in total. The Labute approximate surface area is 176 Å². The van der Waals surface area contributed by atoms with Crippen LogP contribution in [0.4, 0.5) is 17.1 Å². The zero-order valence-corrected chi connectivity index (χ0v) is 18.8. The summed E-state index contributed by atoms with van der Waals surface area (Å²) < 4.78 is 0. The molecule has 2 aromatic rings. The molecule has 0 radical (unpaired) electrons. The monoisotopic (exact) mass is 389 g/mol. The van der Waals surface area contributed by atoms with Crippen LogP contribution in [-0.4, -0.2) is 13.3 Å². The minimum Gasteiger partial charge on any atom is -0.388 e. The van der Waals surface area contributed by atoms with Gasteiger partial charge in [0.2, 0.25) is 0 Å². The van der Waals surface area contributed by atoms with Crippen LogP contribution in [0.3, 0.4) is 0 Å². The van der Waals surface area contributed by atoms with Gasteiger partial charge in [-0.05, 0) is 73.1 Å². The summed E-state index contributed by atoms with van der Waals surface area (Å²) in [6.45, 7) is 19.0. The van der Waals surface area contributed by atoms with Crippen LogP contribution >= 0.6 is 0 Å². The summed E-state index contributed by atoms with van der Waals surface area (Å²) in [5.74, 6) is 0.394. The Balaban J connectivity index is 2.48. The van der Waals surface area contributed by atoms with Gasteiger partial charge in [0, 0.05) is 35.9 Å². The maximum atomic E-state index is 4.82. The summed E-state index contributed by atoms with van der Waals surface area (Å²) in [5.41, 5.74) is 10.2. The van der Waals surface area contributed by atoms with E-state index in [-0.39, 0.29) is 0 Å². The largest absolute Gasteiger partial charge is 0.388 e. The third-order valence-electron chi connectivity index (χ3n) is 4.88. The second kappa shape index (κ2) is 10.1. The van der Waals surface area contributed by atoms with Crippen LogP contribution in [0.2, 0.25) is 0 Å². The van der Waals surface area contributed by atoms with E-state index in [1.54, 1.807) is 0 Å². The number of hydrogen-bond donors (Lipinski definition) is 2. The topological polar surface area (TPSA) is 36.4 Å². The van der Waals surface area contributed by atoms with Crippen molar-refractivity contribution in [2.75, 3.05) is 17.7 Å². The van der Waals surface area contributed by atoms with E-state index in [0.717, 1.165) is 46.7 Å². The molecular weight excluding hydrogens is 354 g/mol. The van der Waals surface area contributed by atoms with Crippen LogP contribution in [0.1, 0.15) is 49.9 Å². The third kappa shape index (κ3) is 5.83. The van der Waals surface area contributed by atoms with Crippen LogP contribution < -0.4 is 10.6 Å². The average molecular weight is 390 g/mol. The van der Waals surface area contributed by atoms with Crippen molar-refractivity contribution in [2.45, 2.75) is 47.5 Å². The maximum Gasteiger partial charge on any atom is 0.0724 e. The molecule has 29 heavy (non-hydrogen) atoms. The van der Waals surface area contributed by atoms with Gasteiger partial charge in [0.05, 0.1) is 5.69 Å². The van der Waals surface area contributed by atoms with E-state index >= 15 is 0 Å². The first-order chi connectivity index (χ1) is 13.8. The van der Waals surface area contributed by atoms with Crippen LogP contribution in [0, 0.1) is 12.8 Å². The molecular formula is C26H35N3. The van der Waals surface area contributed by atoms with E-state index < -0.39 is 0 Å². The molecule has 0 atom stereocenters. The fraction of sp³-hybridized carbons (Fsp3) is 0.346. The Morgan fingerprint density at radius 3 is 2.52 bits per heavy atom. The zero-order valence-electron chi connectivity index (χ0n) is 18.8. The highest BCUT2D eigenvalue weighted by atomic mass is 14.9. The lowest BCUT2D eigenvalue weighted by Crippen LogP contribution is -2.03. The standard InChI is InChI=1S/C26H35N3/c1-9-23-20(7)26(25(15-24(23)27-8)28-16-17(2)3)19(6)13-21-11-10-12-22(14-21)29-18(4)5/h10-12,14-17,27,29H,4,6,9,13H2,1-3,5,7-8H3. The first-order valence-corrected chi connectivity index (χ1v) is 10.3. The van der Waals surface area contributed by atoms with Crippen molar-refractivity contribution in [2.24, 2.45) is 10.9 Å². The summed E-state index contributed by atoms with van der Waals surface area (Å²) in [7, 11) is 1.97. The van der Waals surface area contributed by atoms with Gasteiger partial charge in [-0.25, -0.2) is 0 Å². The molecule has 0 aliphatic heterocycles. The first kappa shape index (κ1) is 22.5. The Morgan fingerprint density at radius 1 is 1.21 bits per heavy atom. The molecule has 0 spiro atoms. The molecule has 3 heteroatoms. The van der Waals surface area contributed by atoms with Gasteiger partial charge >= 0.3 is 0 Å². The number of nitrogens with zero attached hydrogens (tertiary/aromatic N) is 1. The number of anilines is 2. The van der Waals surface area contributed by atoms with Crippen molar-refractivity contribution < 1.29 is 0 Å². The van der Waals surface area contributed by atoms with Crippen molar-refractivity contribution in [3.63, 3.8) is 0 Å². The summed E-state index contributed by atoms with van der Waals surface area (Å²) >= 11 is 0. The highest BCUT2D eigenvalue weighted by Crippen LogP contribution is 2.37. The van der Waals surface area contributed by atoms with Crippen molar-refractivity contribution in [1.82, 2.24) is 0 Å². The predicted molar refractivity (Wildman–Crippen MR) is 131 cm³/mol. The maximum absolute atomic E-state index is 4.82. The van der Waals surface area contributed by atoms with Crippen molar-refractivity contribution in [3.05, 3.63) is 71.4 Å². The normalized spacial score (nSPS) is 11.1. The first-order valence-electron chi connectivity index (χ1n) is 10.3. The molecule has 2 N–H and O–H groups in total. The lowest BCUT2D eigenvalue weighted by atomic mass is 9.89. The number of rotatable bonds is 9. The summed E-state index contributed by atoms with van der Waals surface area (Å²) in [6, 6.07) is 10.6. The quantitative estimate of drug-likeness (QED) is 0.446. The molecule has 0 unspecified atom stereocenters. The minimum absolute atomic E-state index is 0.394. The highest BCUT2D eigenvalue weighted by molar-refractivity contribution is 5.84. The molecule has 0 aliphatic carbocycles. The lowest BCUT2D eigenvalue weighted by molar-refractivity contribution is 0.907. The molecule has 0 heterocycles. The number of hydrogen-bond acceptors (Lipinski definition) is 3. The molecule has 2 aromatic carbocycles. The van der Waals surface area contributed by atoms with Gasteiger partial charge in [-0.15, -0.1) is 0 Å². The Kier molecular flexibility index (Phi) is 7.83. The fourth-order valence-corrected chi connectivity index (χ4v) is 3.64. The van der Waals surface area contributed by atoms with Gasteiger partial charge in [0.15, 0.2) is 0 Å². The molecule has 0 amide bonds. The van der Waals surface area contributed by atoms with Crippen LogP contribution in [0.25, 0.3) is 5.57 Å². The van der Waals surface area contributed by atoms with Gasteiger partial charge < -0.3 is 10.6 Å². The Bertz CT molecular complexity index is 920. The van der Waals surface area contributed by atoms with E-state index in [0.29, 0.717) is 5.92 Å². The minimum atomic E-state index is 0.394. The van der Waals surface area contributed by atoms with Gasteiger partial charge in [0.25, 0.3) is 0 Å². The summed E-state index contributed by atoms with van der Waals surface area (Å²) in [5, 5.41) is 6.63. The van der Waals surface area contributed by atoms with Gasteiger partial charge in [-0.2, -0.15) is 0 Å². The van der Waals surface area contributed by atoms with Crippen LogP contribution in [0.15, 0.2) is 54.2 Å². The second-order valence-corrected chi connectivity index (χ2v) is 7.93. The SMILES string of the molecule is C=C(C)Nc1cccc(CC(=C)c2c(N=CC(C)C)cc(NC)c(CC)c2C)c1. The molecule has 0 fully saturated rings. The van der Waals surface area contributed by atoms with E-state index in [1.165, 1.54) is 16.7 Å². The third-order valence-corrected chi connectivity index (χ3v) is 4.88. The molecule has 0 saturated heterocycles. The number of aliphatic imine (C=N–C) groups is 1. The van der Waals surface area contributed by atoms with Crippen LogP contribution in [-0.2, 0) is 12.8 Å². The molecule has 0 aromatic heterocycles.